The Hall–Kier alpha value is -4.11. The summed E-state index contributed by atoms with van der Waals surface area (Å²) in [5.74, 6) is -1.52. The summed E-state index contributed by atoms with van der Waals surface area (Å²) in [6, 6.07) is 10.4. The van der Waals surface area contributed by atoms with Gasteiger partial charge in [-0.3, -0.25) is 4.79 Å². The van der Waals surface area contributed by atoms with Crippen molar-refractivity contribution >= 4 is 44.3 Å². The zero-order valence-corrected chi connectivity index (χ0v) is 20.8. The number of aromatic nitrogens is 2. The van der Waals surface area contributed by atoms with E-state index in [1.165, 1.54) is 23.5 Å². The molecule has 3 aromatic heterocycles. The van der Waals surface area contributed by atoms with Crippen LogP contribution >= 0.6 is 11.3 Å². The number of rotatable bonds is 5. The lowest BCUT2D eigenvalue weighted by Gasteiger charge is -2.20. The molecule has 0 saturated heterocycles. The predicted octanol–water partition coefficient (Wildman–Crippen LogP) is 6.40. The van der Waals surface area contributed by atoms with Crippen LogP contribution in [0.2, 0.25) is 0 Å². The Balaban J connectivity index is 1.67. The number of carboxylic acid groups (broad SMARTS) is 1. The summed E-state index contributed by atoms with van der Waals surface area (Å²) >= 11 is 1.46. The monoisotopic (exact) mass is 503 g/mol. The van der Waals surface area contributed by atoms with E-state index in [-0.39, 0.29) is 16.7 Å². The molecule has 0 saturated carbocycles. The largest absolute Gasteiger partial charge is 0.478 e. The molecule has 2 aromatic carbocycles. The summed E-state index contributed by atoms with van der Waals surface area (Å²) in [5, 5.41) is 14.0. The van der Waals surface area contributed by atoms with Crippen LogP contribution in [-0.4, -0.2) is 21.0 Å². The standard InChI is InChI=1S/C27H22FN3O4S/c1-12-9-17(14(3)29-20-6-5-16(28)11-18(20)27(33)34)25-19(10-12)23(32)13(2)24(35-25)21-7-8-22-26(31-21)36-15(4)30-22/h5-11,14,29H,1-4H3,(H,33,34). The van der Waals surface area contributed by atoms with Crippen molar-refractivity contribution in [2.24, 2.45) is 0 Å². The van der Waals surface area contributed by atoms with Crippen LogP contribution in [0, 0.1) is 26.6 Å². The van der Waals surface area contributed by atoms with Crippen LogP contribution in [0.5, 0.6) is 0 Å². The number of carboxylic acids is 1. The first kappa shape index (κ1) is 23.6. The molecule has 7 nitrogen and oxygen atoms in total. The molecule has 3 heterocycles. The summed E-state index contributed by atoms with van der Waals surface area (Å²) in [6.45, 7) is 7.33. The van der Waals surface area contributed by atoms with E-state index < -0.39 is 17.8 Å². The maximum absolute atomic E-state index is 13.7. The van der Waals surface area contributed by atoms with Gasteiger partial charge in [0.05, 0.1) is 22.0 Å². The minimum absolute atomic E-state index is 0.168. The van der Waals surface area contributed by atoms with Crippen molar-refractivity contribution in [1.82, 2.24) is 9.97 Å². The second-order valence-corrected chi connectivity index (χ2v) is 9.91. The molecule has 9 heteroatoms. The molecule has 182 valence electrons. The Kier molecular flexibility index (Phi) is 5.80. The number of anilines is 1. The van der Waals surface area contributed by atoms with Gasteiger partial charge in [0.1, 0.15) is 27.4 Å². The van der Waals surface area contributed by atoms with Crippen molar-refractivity contribution in [2.75, 3.05) is 5.32 Å². The number of pyridine rings is 1. The van der Waals surface area contributed by atoms with Gasteiger partial charge in [0.2, 0.25) is 0 Å². The highest BCUT2D eigenvalue weighted by molar-refractivity contribution is 7.18. The van der Waals surface area contributed by atoms with Gasteiger partial charge in [0.25, 0.3) is 0 Å². The van der Waals surface area contributed by atoms with Gasteiger partial charge >= 0.3 is 5.97 Å². The predicted molar refractivity (Wildman–Crippen MR) is 139 cm³/mol. The smallest absolute Gasteiger partial charge is 0.337 e. The van der Waals surface area contributed by atoms with Crippen molar-refractivity contribution in [3.05, 3.63) is 85.8 Å². The van der Waals surface area contributed by atoms with Gasteiger partial charge in [-0.25, -0.2) is 19.2 Å². The minimum atomic E-state index is -1.25. The highest BCUT2D eigenvalue weighted by atomic mass is 32.1. The first-order chi connectivity index (χ1) is 17.1. The minimum Gasteiger partial charge on any atom is -0.478 e. The first-order valence-corrected chi connectivity index (χ1v) is 12.1. The van der Waals surface area contributed by atoms with Gasteiger partial charge in [-0.2, -0.15) is 0 Å². The lowest BCUT2D eigenvalue weighted by atomic mass is 9.99. The Morgan fingerprint density at radius 3 is 2.64 bits per heavy atom. The fourth-order valence-electron chi connectivity index (χ4n) is 4.32. The van der Waals surface area contributed by atoms with Gasteiger partial charge in [-0.1, -0.05) is 17.4 Å². The van der Waals surface area contributed by atoms with Gasteiger partial charge in [-0.05, 0) is 69.7 Å². The van der Waals surface area contributed by atoms with E-state index in [2.05, 4.69) is 15.3 Å². The number of hydrogen-bond acceptors (Lipinski definition) is 7. The zero-order chi connectivity index (χ0) is 25.7. The Morgan fingerprint density at radius 1 is 1.11 bits per heavy atom. The third kappa shape index (κ3) is 4.11. The summed E-state index contributed by atoms with van der Waals surface area (Å²) in [7, 11) is 0. The Bertz CT molecular complexity index is 1740. The van der Waals surface area contributed by atoms with Crippen LogP contribution in [-0.2, 0) is 0 Å². The van der Waals surface area contributed by atoms with Crippen LogP contribution in [0.1, 0.15) is 45.0 Å². The number of fused-ring (bicyclic) bond motifs is 2. The van der Waals surface area contributed by atoms with Crippen LogP contribution in [0.25, 0.3) is 32.8 Å². The van der Waals surface area contributed by atoms with E-state index in [0.717, 1.165) is 27.0 Å². The molecular formula is C27H22FN3O4S. The molecule has 0 amide bonds. The van der Waals surface area contributed by atoms with Crippen molar-refractivity contribution in [3.63, 3.8) is 0 Å². The number of hydrogen-bond donors (Lipinski definition) is 2. The van der Waals surface area contributed by atoms with Gasteiger partial charge in [-0.15, -0.1) is 0 Å². The highest BCUT2D eigenvalue weighted by Crippen LogP contribution is 2.33. The van der Waals surface area contributed by atoms with E-state index in [4.69, 9.17) is 4.42 Å². The molecule has 36 heavy (non-hydrogen) atoms. The third-order valence-corrected chi connectivity index (χ3v) is 6.92. The van der Waals surface area contributed by atoms with E-state index >= 15 is 0 Å². The molecule has 0 fully saturated rings. The second kappa shape index (κ2) is 8.83. The number of carbonyl (C=O) groups is 1. The molecule has 0 spiro atoms. The number of aromatic carboxylic acids is 1. The molecule has 5 aromatic rings. The normalized spacial score (nSPS) is 12.2. The lowest BCUT2D eigenvalue weighted by Crippen LogP contribution is -2.14. The fraction of sp³-hybridized carbons (Fsp3) is 0.185. The quantitative estimate of drug-likeness (QED) is 0.286. The summed E-state index contributed by atoms with van der Waals surface area (Å²) in [5.41, 5.74) is 3.56. The van der Waals surface area contributed by atoms with Crippen LogP contribution in [0.3, 0.4) is 0 Å². The average Bonchev–Trinajstić information content (AvgIpc) is 3.21. The lowest BCUT2D eigenvalue weighted by molar-refractivity contribution is 0.0697. The fourth-order valence-corrected chi connectivity index (χ4v) is 5.10. The van der Waals surface area contributed by atoms with Gasteiger partial charge in [0.15, 0.2) is 11.2 Å². The molecule has 1 unspecified atom stereocenters. The number of halogens is 1. The number of aryl methyl sites for hydroxylation is 2. The van der Waals surface area contributed by atoms with E-state index in [1.807, 2.05) is 32.9 Å². The highest BCUT2D eigenvalue weighted by Gasteiger charge is 2.21. The molecular weight excluding hydrogens is 481 g/mol. The SMILES string of the molecule is Cc1cc(C(C)Nc2ccc(F)cc2C(=O)O)c2oc(-c3ccc4nc(C)sc4n3)c(C)c(=O)c2c1. The second-order valence-electron chi connectivity index (χ2n) is 8.73. The summed E-state index contributed by atoms with van der Waals surface area (Å²) in [6.07, 6.45) is 0. The van der Waals surface area contributed by atoms with Crippen LogP contribution in [0.4, 0.5) is 10.1 Å². The molecule has 0 bridgehead atoms. The average molecular weight is 504 g/mol. The van der Waals surface area contributed by atoms with Crippen LogP contribution in [0.15, 0.2) is 51.7 Å². The maximum atomic E-state index is 13.7. The Labute approximate surface area is 209 Å². The molecule has 0 radical (unpaired) electrons. The molecule has 0 aliphatic carbocycles. The summed E-state index contributed by atoms with van der Waals surface area (Å²) in [4.78, 5) is 35.0. The van der Waals surface area contributed by atoms with Gasteiger partial charge < -0.3 is 14.8 Å². The molecule has 5 rings (SSSR count). The zero-order valence-electron chi connectivity index (χ0n) is 20.0. The molecule has 2 N–H and O–H groups in total. The number of nitrogens with zero attached hydrogens (tertiary/aromatic N) is 2. The van der Waals surface area contributed by atoms with E-state index in [0.29, 0.717) is 33.6 Å². The molecule has 0 aliphatic rings. The maximum Gasteiger partial charge on any atom is 0.337 e. The number of thiazole rings is 1. The topological polar surface area (TPSA) is 105 Å². The van der Waals surface area contributed by atoms with Crippen molar-refractivity contribution in [1.29, 1.82) is 0 Å². The van der Waals surface area contributed by atoms with E-state index in [1.54, 1.807) is 19.1 Å². The third-order valence-electron chi connectivity index (χ3n) is 6.04. The van der Waals surface area contributed by atoms with Crippen molar-refractivity contribution < 1.29 is 18.7 Å². The van der Waals surface area contributed by atoms with Gasteiger partial charge in [0, 0.05) is 16.8 Å². The molecule has 1 atom stereocenters. The molecule has 0 aliphatic heterocycles. The number of nitrogens with one attached hydrogen (secondary N) is 1. The van der Waals surface area contributed by atoms with E-state index in [9.17, 15) is 19.1 Å². The Morgan fingerprint density at radius 2 is 1.89 bits per heavy atom. The van der Waals surface area contributed by atoms with Crippen LogP contribution < -0.4 is 10.7 Å². The van der Waals surface area contributed by atoms with Crippen molar-refractivity contribution in [3.8, 4) is 11.5 Å². The first-order valence-electron chi connectivity index (χ1n) is 11.2. The van der Waals surface area contributed by atoms with Crippen molar-refractivity contribution in [2.45, 2.75) is 33.7 Å². The number of benzene rings is 2. The summed E-state index contributed by atoms with van der Waals surface area (Å²) < 4.78 is 20.0.